The van der Waals surface area contributed by atoms with Gasteiger partial charge in [-0.1, -0.05) is 13.0 Å². The number of nitriles is 1. The number of aliphatic carboxylic acids is 1. The molecule has 0 bridgehead atoms. The Labute approximate surface area is 182 Å². The number of aromatic nitrogens is 1. The lowest BCUT2D eigenvalue weighted by atomic mass is 9.95. The number of anilines is 3. The van der Waals surface area contributed by atoms with Gasteiger partial charge in [0.25, 0.3) is 0 Å². The van der Waals surface area contributed by atoms with E-state index in [0.29, 0.717) is 31.2 Å². The van der Waals surface area contributed by atoms with Gasteiger partial charge in [-0.3, -0.25) is 4.79 Å². The van der Waals surface area contributed by atoms with E-state index < -0.39 is 5.97 Å². The van der Waals surface area contributed by atoms with E-state index in [0.717, 1.165) is 29.9 Å². The number of benzene rings is 1. The molecule has 0 aliphatic carbocycles. The van der Waals surface area contributed by atoms with Crippen LogP contribution in [0.2, 0.25) is 0 Å². The van der Waals surface area contributed by atoms with E-state index in [4.69, 9.17) is 14.7 Å². The third-order valence-electron chi connectivity index (χ3n) is 5.44. The average Bonchev–Trinajstić information content (AvgIpc) is 2.79. The standard InChI is InChI=1S/C23H28N4O4/c1-3-19-15-31-9-8-27(19)21-6-5-17(18(14-30-2)11-23(28)29)10-20(21)26-22-7-4-16(12-24)13-25-22/h4-7,10,13,18-19H,3,8-9,11,14-15H2,1-2H3,(H,25,26)(H,28,29)/t18-,19?/m1/s1. The first kappa shape index (κ1) is 22.5. The summed E-state index contributed by atoms with van der Waals surface area (Å²) in [5.41, 5.74) is 3.21. The molecule has 0 spiro atoms. The number of hydrogen-bond donors (Lipinski definition) is 2. The van der Waals surface area contributed by atoms with Crippen molar-refractivity contribution < 1.29 is 19.4 Å². The number of ether oxygens (including phenoxy) is 2. The largest absolute Gasteiger partial charge is 0.481 e. The fourth-order valence-electron chi connectivity index (χ4n) is 3.83. The second-order valence-electron chi connectivity index (χ2n) is 7.53. The van der Waals surface area contributed by atoms with Crippen LogP contribution < -0.4 is 10.2 Å². The Morgan fingerprint density at radius 3 is 2.94 bits per heavy atom. The topological polar surface area (TPSA) is 108 Å². The smallest absolute Gasteiger partial charge is 0.304 e. The molecular formula is C23H28N4O4. The summed E-state index contributed by atoms with van der Waals surface area (Å²) < 4.78 is 10.9. The molecule has 164 valence electrons. The summed E-state index contributed by atoms with van der Waals surface area (Å²) in [4.78, 5) is 18.0. The lowest BCUT2D eigenvalue weighted by Gasteiger charge is -2.38. The maximum Gasteiger partial charge on any atom is 0.304 e. The minimum Gasteiger partial charge on any atom is -0.481 e. The monoisotopic (exact) mass is 424 g/mol. The number of carboxylic acid groups (broad SMARTS) is 1. The highest BCUT2D eigenvalue weighted by molar-refractivity contribution is 5.76. The van der Waals surface area contributed by atoms with Gasteiger partial charge in [-0.15, -0.1) is 0 Å². The van der Waals surface area contributed by atoms with Crippen LogP contribution in [0.25, 0.3) is 0 Å². The molecule has 0 amide bonds. The van der Waals surface area contributed by atoms with Crippen LogP contribution in [0.1, 0.15) is 36.8 Å². The van der Waals surface area contributed by atoms with E-state index >= 15 is 0 Å². The first-order chi connectivity index (χ1) is 15.0. The van der Waals surface area contributed by atoms with Gasteiger partial charge in [-0.2, -0.15) is 5.26 Å². The lowest BCUT2D eigenvalue weighted by Crippen LogP contribution is -2.45. The van der Waals surface area contributed by atoms with Crippen LogP contribution in [0.4, 0.5) is 17.2 Å². The predicted octanol–water partition coefficient (Wildman–Crippen LogP) is 3.52. The number of carboxylic acids is 1. The van der Waals surface area contributed by atoms with E-state index in [1.165, 1.54) is 6.20 Å². The van der Waals surface area contributed by atoms with Crippen LogP contribution in [0.15, 0.2) is 36.5 Å². The van der Waals surface area contributed by atoms with Crippen LogP contribution in [-0.2, 0) is 14.3 Å². The number of hydrogen-bond acceptors (Lipinski definition) is 7. The van der Waals surface area contributed by atoms with Crippen molar-refractivity contribution in [3.63, 3.8) is 0 Å². The third-order valence-corrected chi connectivity index (χ3v) is 5.44. The van der Waals surface area contributed by atoms with Gasteiger partial charge in [0.1, 0.15) is 11.9 Å². The van der Waals surface area contributed by atoms with Crippen molar-refractivity contribution in [1.82, 2.24) is 4.98 Å². The first-order valence-corrected chi connectivity index (χ1v) is 10.4. The minimum atomic E-state index is -0.867. The number of nitrogens with zero attached hydrogens (tertiary/aromatic N) is 3. The van der Waals surface area contributed by atoms with Gasteiger partial charge >= 0.3 is 5.97 Å². The second kappa shape index (κ2) is 10.8. The number of carbonyl (C=O) groups is 1. The number of rotatable bonds is 9. The van der Waals surface area contributed by atoms with Gasteiger partial charge < -0.3 is 24.8 Å². The molecule has 3 rings (SSSR count). The molecule has 8 nitrogen and oxygen atoms in total. The van der Waals surface area contributed by atoms with Crippen molar-refractivity contribution >= 4 is 23.2 Å². The molecule has 2 atom stereocenters. The Morgan fingerprint density at radius 2 is 2.29 bits per heavy atom. The zero-order chi connectivity index (χ0) is 22.2. The van der Waals surface area contributed by atoms with Crippen LogP contribution in [0.5, 0.6) is 0 Å². The van der Waals surface area contributed by atoms with Crippen LogP contribution in [-0.4, -0.2) is 55.6 Å². The van der Waals surface area contributed by atoms with E-state index in [9.17, 15) is 9.90 Å². The molecule has 31 heavy (non-hydrogen) atoms. The molecule has 1 fully saturated rings. The quantitative estimate of drug-likeness (QED) is 0.630. The molecule has 2 aromatic rings. The number of methoxy groups -OCH3 is 1. The fourth-order valence-corrected chi connectivity index (χ4v) is 3.83. The van der Waals surface area contributed by atoms with E-state index in [-0.39, 0.29) is 18.4 Å². The van der Waals surface area contributed by atoms with Crippen molar-refractivity contribution in [2.24, 2.45) is 0 Å². The SMILES string of the molecule is CCC1COCCN1c1ccc([C@@H](COC)CC(=O)O)cc1Nc1ccc(C#N)cn1. The van der Waals surface area contributed by atoms with Gasteiger partial charge in [0.15, 0.2) is 0 Å². The molecule has 2 N–H and O–H groups in total. The summed E-state index contributed by atoms with van der Waals surface area (Å²) in [5, 5.41) is 21.7. The second-order valence-corrected chi connectivity index (χ2v) is 7.53. The first-order valence-electron chi connectivity index (χ1n) is 10.4. The Morgan fingerprint density at radius 1 is 1.45 bits per heavy atom. The molecule has 2 heterocycles. The molecule has 1 aromatic carbocycles. The van der Waals surface area contributed by atoms with Gasteiger partial charge in [0.2, 0.25) is 0 Å². The van der Waals surface area contributed by atoms with Crippen LogP contribution >= 0.6 is 0 Å². The highest BCUT2D eigenvalue weighted by Gasteiger charge is 2.25. The summed E-state index contributed by atoms with van der Waals surface area (Å²) in [6, 6.07) is 11.8. The summed E-state index contributed by atoms with van der Waals surface area (Å²) >= 11 is 0. The van der Waals surface area contributed by atoms with E-state index in [2.05, 4.69) is 28.2 Å². The maximum absolute atomic E-state index is 11.4. The maximum atomic E-state index is 11.4. The molecular weight excluding hydrogens is 396 g/mol. The minimum absolute atomic E-state index is 0.0170. The normalized spacial score (nSPS) is 17.1. The molecule has 1 aliphatic rings. The Hall–Kier alpha value is -3.15. The predicted molar refractivity (Wildman–Crippen MR) is 118 cm³/mol. The van der Waals surface area contributed by atoms with E-state index in [1.807, 2.05) is 18.2 Å². The molecule has 8 heteroatoms. The molecule has 0 saturated carbocycles. The highest BCUT2D eigenvalue weighted by atomic mass is 16.5. The van der Waals surface area contributed by atoms with Crippen LogP contribution in [0, 0.1) is 11.3 Å². The van der Waals surface area contributed by atoms with E-state index in [1.54, 1.807) is 19.2 Å². The van der Waals surface area contributed by atoms with Crippen molar-refractivity contribution in [2.75, 3.05) is 43.7 Å². The lowest BCUT2D eigenvalue weighted by molar-refractivity contribution is -0.137. The zero-order valence-corrected chi connectivity index (χ0v) is 17.9. The number of pyridine rings is 1. The van der Waals surface area contributed by atoms with Crippen LogP contribution in [0.3, 0.4) is 0 Å². The van der Waals surface area contributed by atoms with Gasteiger partial charge in [0.05, 0.1) is 49.2 Å². The summed E-state index contributed by atoms with van der Waals surface area (Å²) in [6.45, 7) is 4.53. The van der Waals surface area contributed by atoms with Crippen molar-refractivity contribution in [1.29, 1.82) is 5.26 Å². The zero-order valence-electron chi connectivity index (χ0n) is 17.9. The molecule has 1 aromatic heterocycles. The Balaban J connectivity index is 2.00. The summed E-state index contributed by atoms with van der Waals surface area (Å²) in [6.07, 6.45) is 2.45. The molecule has 0 radical (unpaired) electrons. The van der Waals surface area contributed by atoms with Gasteiger partial charge in [0, 0.05) is 25.8 Å². The number of nitrogens with one attached hydrogen (secondary N) is 1. The third kappa shape index (κ3) is 5.72. The van der Waals surface area contributed by atoms with Gasteiger partial charge in [-0.05, 0) is 36.2 Å². The van der Waals surface area contributed by atoms with Crippen molar-refractivity contribution in [3.8, 4) is 6.07 Å². The highest BCUT2D eigenvalue weighted by Crippen LogP contribution is 2.35. The molecule has 1 aliphatic heterocycles. The fraction of sp³-hybridized carbons (Fsp3) is 0.435. The molecule has 1 saturated heterocycles. The summed E-state index contributed by atoms with van der Waals surface area (Å²) in [5.74, 6) is -0.522. The Kier molecular flexibility index (Phi) is 7.82. The average molecular weight is 425 g/mol. The van der Waals surface area contributed by atoms with Crippen molar-refractivity contribution in [3.05, 3.63) is 47.7 Å². The number of morpholine rings is 1. The van der Waals surface area contributed by atoms with Crippen molar-refractivity contribution in [2.45, 2.75) is 31.7 Å². The summed E-state index contributed by atoms with van der Waals surface area (Å²) in [7, 11) is 1.57. The van der Waals surface area contributed by atoms with Gasteiger partial charge in [-0.25, -0.2) is 4.98 Å². The molecule has 1 unspecified atom stereocenters. The Bertz CT molecular complexity index is 926.